The number of pyridine rings is 1. The van der Waals surface area contributed by atoms with Gasteiger partial charge in [-0.1, -0.05) is 39.8 Å². The molecule has 0 saturated heterocycles. The van der Waals surface area contributed by atoms with Crippen molar-refractivity contribution in [3.8, 4) is 0 Å². The van der Waals surface area contributed by atoms with E-state index in [2.05, 4.69) is 68.3 Å². The Kier molecular flexibility index (Phi) is 4.44. The van der Waals surface area contributed by atoms with E-state index < -0.39 is 0 Å². The maximum atomic E-state index is 4.54. The second-order valence-corrected chi connectivity index (χ2v) is 6.73. The predicted molar refractivity (Wildman–Crippen MR) is 86.8 cm³/mol. The molecule has 0 aliphatic rings. The number of rotatable bonds is 5. The van der Waals surface area contributed by atoms with Gasteiger partial charge in [-0.2, -0.15) is 0 Å². The minimum absolute atomic E-state index is 0.329. The third-order valence-electron chi connectivity index (χ3n) is 4.37. The first-order valence-corrected chi connectivity index (χ1v) is 7.45. The number of nitrogens with one attached hydrogen (secondary N) is 1. The molecule has 0 saturated carbocycles. The predicted octanol–water partition coefficient (Wildman–Crippen LogP) is 4.32. The lowest BCUT2D eigenvalue weighted by Crippen LogP contribution is -2.33. The minimum Gasteiger partial charge on any atom is -0.312 e. The first-order chi connectivity index (χ1) is 9.38. The molecule has 2 rings (SSSR count). The molecule has 1 N–H and O–H groups in total. The van der Waals surface area contributed by atoms with E-state index in [1.165, 1.54) is 10.9 Å². The van der Waals surface area contributed by atoms with Gasteiger partial charge in [-0.3, -0.25) is 4.98 Å². The standard InChI is InChI=1S/C18H26N2/c1-13(2)18(4,5)12-19-11-15-7-9-17-16(10-15)8-6-14(3)20-17/h6-10,13,19H,11-12H2,1-5H3. The third-order valence-corrected chi connectivity index (χ3v) is 4.37. The Hall–Kier alpha value is -1.41. The molecule has 0 spiro atoms. The topological polar surface area (TPSA) is 24.9 Å². The Morgan fingerprint density at radius 3 is 2.60 bits per heavy atom. The summed E-state index contributed by atoms with van der Waals surface area (Å²) in [4.78, 5) is 4.54. The zero-order chi connectivity index (χ0) is 14.8. The van der Waals surface area contributed by atoms with E-state index in [0.29, 0.717) is 11.3 Å². The van der Waals surface area contributed by atoms with Gasteiger partial charge in [0.15, 0.2) is 0 Å². The van der Waals surface area contributed by atoms with Crippen molar-refractivity contribution in [1.29, 1.82) is 0 Å². The molecule has 0 atom stereocenters. The molecule has 108 valence electrons. The molecule has 0 amide bonds. The van der Waals surface area contributed by atoms with Crippen LogP contribution in [0, 0.1) is 18.3 Å². The highest BCUT2D eigenvalue weighted by molar-refractivity contribution is 5.79. The highest BCUT2D eigenvalue weighted by atomic mass is 14.9. The van der Waals surface area contributed by atoms with Gasteiger partial charge in [-0.05, 0) is 42.0 Å². The van der Waals surface area contributed by atoms with E-state index in [1.54, 1.807) is 0 Å². The lowest BCUT2D eigenvalue weighted by atomic mass is 9.81. The summed E-state index contributed by atoms with van der Waals surface area (Å²) < 4.78 is 0. The highest BCUT2D eigenvalue weighted by Gasteiger charge is 2.21. The number of fused-ring (bicyclic) bond motifs is 1. The van der Waals surface area contributed by atoms with Crippen LogP contribution in [0.4, 0.5) is 0 Å². The van der Waals surface area contributed by atoms with E-state index in [-0.39, 0.29) is 0 Å². The average molecular weight is 270 g/mol. The molecule has 0 bridgehead atoms. The summed E-state index contributed by atoms with van der Waals surface area (Å²) in [6.07, 6.45) is 0. The van der Waals surface area contributed by atoms with Crippen LogP contribution >= 0.6 is 0 Å². The zero-order valence-electron chi connectivity index (χ0n) is 13.3. The number of hydrogen-bond acceptors (Lipinski definition) is 2. The van der Waals surface area contributed by atoms with Crippen molar-refractivity contribution in [2.75, 3.05) is 6.54 Å². The molecule has 1 aromatic heterocycles. The van der Waals surface area contributed by atoms with Gasteiger partial charge in [-0.15, -0.1) is 0 Å². The second kappa shape index (κ2) is 5.92. The van der Waals surface area contributed by atoms with Crippen LogP contribution in [0.3, 0.4) is 0 Å². The normalized spacial score (nSPS) is 12.3. The number of nitrogens with zero attached hydrogens (tertiary/aromatic N) is 1. The Morgan fingerprint density at radius 2 is 1.90 bits per heavy atom. The van der Waals surface area contributed by atoms with Crippen molar-refractivity contribution in [2.45, 2.75) is 41.2 Å². The average Bonchev–Trinajstić information content (AvgIpc) is 2.38. The maximum Gasteiger partial charge on any atom is 0.0705 e. The van der Waals surface area contributed by atoms with Gasteiger partial charge < -0.3 is 5.32 Å². The first kappa shape index (κ1) is 15.0. The molecule has 1 aromatic carbocycles. The fourth-order valence-corrected chi connectivity index (χ4v) is 2.12. The van der Waals surface area contributed by atoms with Crippen LogP contribution in [0.2, 0.25) is 0 Å². The van der Waals surface area contributed by atoms with Crippen molar-refractivity contribution in [3.05, 3.63) is 41.6 Å². The summed E-state index contributed by atoms with van der Waals surface area (Å²) >= 11 is 0. The molecule has 1 heterocycles. The van der Waals surface area contributed by atoms with Gasteiger partial charge in [0.25, 0.3) is 0 Å². The van der Waals surface area contributed by atoms with Crippen molar-refractivity contribution < 1.29 is 0 Å². The fourth-order valence-electron chi connectivity index (χ4n) is 2.12. The van der Waals surface area contributed by atoms with Crippen LogP contribution in [0.15, 0.2) is 30.3 Å². The van der Waals surface area contributed by atoms with E-state index >= 15 is 0 Å². The second-order valence-electron chi connectivity index (χ2n) is 6.73. The van der Waals surface area contributed by atoms with Gasteiger partial charge in [0.1, 0.15) is 0 Å². The molecular weight excluding hydrogens is 244 g/mol. The van der Waals surface area contributed by atoms with Gasteiger partial charge in [0.2, 0.25) is 0 Å². The Bertz CT molecular complexity index is 585. The summed E-state index contributed by atoms with van der Waals surface area (Å²) in [5, 5.41) is 4.80. The molecule has 20 heavy (non-hydrogen) atoms. The molecule has 0 fully saturated rings. The summed E-state index contributed by atoms with van der Waals surface area (Å²) in [5.41, 5.74) is 3.80. The lowest BCUT2D eigenvalue weighted by Gasteiger charge is -2.29. The van der Waals surface area contributed by atoms with Gasteiger partial charge >= 0.3 is 0 Å². The van der Waals surface area contributed by atoms with Crippen LogP contribution in [-0.2, 0) is 6.54 Å². The Labute approximate surface area is 122 Å². The molecule has 2 aromatic rings. The fraction of sp³-hybridized carbons (Fsp3) is 0.500. The maximum absolute atomic E-state index is 4.54. The van der Waals surface area contributed by atoms with Crippen molar-refractivity contribution in [1.82, 2.24) is 10.3 Å². The number of hydrogen-bond donors (Lipinski definition) is 1. The summed E-state index contributed by atoms with van der Waals surface area (Å²) in [7, 11) is 0. The molecule has 0 radical (unpaired) electrons. The van der Waals surface area contributed by atoms with E-state index in [9.17, 15) is 0 Å². The zero-order valence-corrected chi connectivity index (χ0v) is 13.3. The lowest BCUT2D eigenvalue weighted by molar-refractivity contribution is 0.238. The summed E-state index contributed by atoms with van der Waals surface area (Å²) in [6, 6.07) is 10.7. The summed E-state index contributed by atoms with van der Waals surface area (Å²) in [5.74, 6) is 0.679. The van der Waals surface area contributed by atoms with Crippen molar-refractivity contribution in [3.63, 3.8) is 0 Å². The highest BCUT2D eigenvalue weighted by Crippen LogP contribution is 2.24. The van der Waals surface area contributed by atoms with Gasteiger partial charge in [0.05, 0.1) is 5.52 Å². The van der Waals surface area contributed by atoms with E-state index in [1.807, 2.05) is 6.92 Å². The Morgan fingerprint density at radius 1 is 1.15 bits per heavy atom. The van der Waals surface area contributed by atoms with Crippen LogP contribution < -0.4 is 5.32 Å². The quantitative estimate of drug-likeness (QED) is 0.875. The first-order valence-electron chi connectivity index (χ1n) is 7.45. The van der Waals surface area contributed by atoms with Crippen molar-refractivity contribution in [2.24, 2.45) is 11.3 Å². The number of benzene rings is 1. The van der Waals surface area contributed by atoms with E-state index in [0.717, 1.165) is 24.3 Å². The van der Waals surface area contributed by atoms with Crippen LogP contribution in [0.1, 0.15) is 39.0 Å². The summed E-state index contributed by atoms with van der Waals surface area (Å²) in [6.45, 7) is 13.2. The van der Waals surface area contributed by atoms with Gasteiger partial charge in [-0.25, -0.2) is 0 Å². The smallest absolute Gasteiger partial charge is 0.0705 e. The molecule has 2 nitrogen and oxygen atoms in total. The van der Waals surface area contributed by atoms with Crippen LogP contribution in [-0.4, -0.2) is 11.5 Å². The Balaban J connectivity index is 2.02. The number of aryl methyl sites for hydroxylation is 1. The molecular formula is C18H26N2. The molecule has 0 aliphatic carbocycles. The van der Waals surface area contributed by atoms with E-state index in [4.69, 9.17) is 0 Å². The monoisotopic (exact) mass is 270 g/mol. The third kappa shape index (κ3) is 3.57. The minimum atomic E-state index is 0.329. The molecule has 0 unspecified atom stereocenters. The van der Waals surface area contributed by atoms with Gasteiger partial charge in [0, 0.05) is 24.2 Å². The number of aromatic nitrogens is 1. The van der Waals surface area contributed by atoms with Crippen molar-refractivity contribution >= 4 is 10.9 Å². The largest absolute Gasteiger partial charge is 0.312 e. The van der Waals surface area contributed by atoms with Crippen LogP contribution in [0.5, 0.6) is 0 Å². The van der Waals surface area contributed by atoms with Crippen LogP contribution in [0.25, 0.3) is 10.9 Å². The SMILES string of the molecule is Cc1ccc2cc(CNCC(C)(C)C(C)C)ccc2n1. The molecule has 2 heteroatoms. The molecule has 0 aliphatic heterocycles.